The largest absolute Gasteiger partial charge is 0.436 e. The first-order chi connectivity index (χ1) is 14.4. The number of rotatable bonds is 4. The van der Waals surface area contributed by atoms with Gasteiger partial charge in [-0.05, 0) is 53.6 Å². The number of nitrogens with zero attached hydrogens (tertiary/aromatic N) is 3. The number of aromatic nitrogens is 2. The maximum absolute atomic E-state index is 13.7. The standard InChI is InChI=1S/C20H10ClF2N3O2S2/c21-19-24-10-15(23)17(25-19)28-14-6-4-11(5-7-14)8-16-18(27)26(20(29)30-16)13-3-1-2-12(22)9-13/h1-10H/b16-8+. The van der Waals surface area contributed by atoms with Gasteiger partial charge in [-0.25, -0.2) is 9.37 Å². The van der Waals surface area contributed by atoms with Gasteiger partial charge in [0.25, 0.3) is 11.8 Å². The molecule has 150 valence electrons. The SMILES string of the molecule is O=C1/C(=C\c2ccc(Oc3nc(Cl)ncc3F)cc2)SC(=S)N1c1cccc(F)c1. The fourth-order valence-electron chi connectivity index (χ4n) is 2.60. The zero-order chi connectivity index (χ0) is 21.3. The number of carbonyl (C=O) groups is 1. The molecule has 3 aromatic rings. The Balaban J connectivity index is 1.53. The number of thioether (sulfide) groups is 1. The second kappa shape index (κ2) is 8.47. The van der Waals surface area contributed by atoms with E-state index >= 15 is 0 Å². The first kappa shape index (κ1) is 20.4. The van der Waals surface area contributed by atoms with Crippen LogP contribution in [0.1, 0.15) is 5.56 Å². The predicted molar refractivity (Wildman–Crippen MR) is 116 cm³/mol. The zero-order valence-electron chi connectivity index (χ0n) is 14.9. The summed E-state index contributed by atoms with van der Waals surface area (Å²) in [6.07, 6.45) is 2.57. The van der Waals surface area contributed by atoms with Crippen LogP contribution in [0.15, 0.2) is 59.6 Å². The van der Waals surface area contributed by atoms with Crippen LogP contribution in [0.5, 0.6) is 11.6 Å². The van der Waals surface area contributed by atoms with Crippen molar-refractivity contribution in [2.75, 3.05) is 4.90 Å². The molecular weight excluding hydrogens is 452 g/mol. The number of hydrogen-bond acceptors (Lipinski definition) is 6. The van der Waals surface area contributed by atoms with Crippen molar-refractivity contribution < 1.29 is 18.3 Å². The third-order valence-corrected chi connectivity index (χ3v) is 5.42. The Morgan fingerprint density at radius 2 is 1.93 bits per heavy atom. The van der Waals surface area contributed by atoms with Gasteiger partial charge in [-0.15, -0.1) is 0 Å². The molecule has 0 spiro atoms. The number of amides is 1. The monoisotopic (exact) mass is 461 g/mol. The minimum atomic E-state index is -0.746. The second-order valence-corrected chi connectivity index (χ2v) is 7.97. The number of thiocarbonyl (C=S) groups is 1. The highest BCUT2D eigenvalue weighted by Gasteiger charge is 2.33. The lowest BCUT2D eigenvalue weighted by molar-refractivity contribution is -0.113. The Bertz CT molecular complexity index is 1190. The smallest absolute Gasteiger partial charge is 0.270 e. The number of carbonyl (C=O) groups excluding carboxylic acids is 1. The predicted octanol–water partition coefficient (Wildman–Crippen LogP) is 5.61. The highest BCUT2D eigenvalue weighted by atomic mass is 35.5. The van der Waals surface area contributed by atoms with E-state index in [-0.39, 0.29) is 17.1 Å². The Labute approximate surface area is 184 Å². The van der Waals surface area contributed by atoms with E-state index in [1.54, 1.807) is 36.4 Å². The lowest BCUT2D eigenvalue weighted by Gasteiger charge is -2.14. The van der Waals surface area contributed by atoms with E-state index in [0.717, 1.165) is 18.0 Å². The molecule has 1 fully saturated rings. The summed E-state index contributed by atoms with van der Waals surface area (Å²) in [5.74, 6) is -1.51. The molecular formula is C20H10ClF2N3O2S2. The van der Waals surface area contributed by atoms with Gasteiger partial charge in [0.05, 0.1) is 16.8 Å². The van der Waals surface area contributed by atoms with Crippen molar-refractivity contribution >= 4 is 57.6 Å². The normalized spacial score (nSPS) is 15.2. The molecule has 0 atom stereocenters. The molecule has 1 aliphatic rings. The summed E-state index contributed by atoms with van der Waals surface area (Å²) in [7, 11) is 0. The fourth-order valence-corrected chi connectivity index (χ4v) is 4.03. The summed E-state index contributed by atoms with van der Waals surface area (Å²) in [6.45, 7) is 0. The fraction of sp³-hybridized carbons (Fsp3) is 0. The molecule has 4 rings (SSSR count). The van der Waals surface area contributed by atoms with Crippen molar-refractivity contribution in [1.82, 2.24) is 9.97 Å². The van der Waals surface area contributed by atoms with Crippen molar-refractivity contribution in [3.05, 3.63) is 82.1 Å². The van der Waals surface area contributed by atoms with E-state index in [0.29, 0.717) is 26.2 Å². The Morgan fingerprint density at radius 1 is 1.17 bits per heavy atom. The molecule has 2 aromatic carbocycles. The van der Waals surface area contributed by atoms with Gasteiger partial charge in [0.2, 0.25) is 11.1 Å². The summed E-state index contributed by atoms with van der Waals surface area (Å²) in [5.41, 5.74) is 1.07. The Morgan fingerprint density at radius 3 is 2.67 bits per heavy atom. The molecule has 1 aromatic heterocycles. The Kier molecular flexibility index (Phi) is 5.76. The van der Waals surface area contributed by atoms with Crippen LogP contribution in [0, 0.1) is 11.6 Å². The van der Waals surface area contributed by atoms with Crippen molar-refractivity contribution in [2.24, 2.45) is 0 Å². The maximum Gasteiger partial charge on any atom is 0.270 e. The van der Waals surface area contributed by atoms with Gasteiger partial charge < -0.3 is 4.74 Å². The van der Waals surface area contributed by atoms with Crippen molar-refractivity contribution in [1.29, 1.82) is 0 Å². The molecule has 2 heterocycles. The Hall–Kier alpha value is -2.88. The highest BCUT2D eigenvalue weighted by molar-refractivity contribution is 8.27. The number of ether oxygens (including phenoxy) is 1. The molecule has 0 unspecified atom stereocenters. The number of hydrogen-bond donors (Lipinski definition) is 0. The lowest BCUT2D eigenvalue weighted by Crippen LogP contribution is -2.27. The zero-order valence-corrected chi connectivity index (χ0v) is 17.3. The number of anilines is 1. The van der Waals surface area contributed by atoms with E-state index in [9.17, 15) is 13.6 Å². The molecule has 1 amide bonds. The second-order valence-electron chi connectivity index (χ2n) is 5.96. The summed E-state index contributed by atoms with van der Waals surface area (Å²) >= 11 is 12.0. The van der Waals surface area contributed by atoms with Gasteiger partial charge in [-0.2, -0.15) is 9.37 Å². The molecule has 0 aliphatic carbocycles. The number of benzene rings is 2. The van der Waals surface area contributed by atoms with Crippen LogP contribution in [0.3, 0.4) is 0 Å². The highest BCUT2D eigenvalue weighted by Crippen LogP contribution is 2.36. The van der Waals surface area contributed by atoms with Gasteiger partial charge in [-0.3, -0.25) is 9.69 Å². The first-order valence-corrected chi connectivity index (χ1v) is 10.0. The van der Waals surface area contributed by atoms with Crippen molar-refractivity contribution in [3.8, 4) is 11.6 Å². The third kappa shape index (κ3) is 4.33. The summed E-state index contributed by atoms with van der Waals surface area (Å²) < 4.78 is 32.9. The molecule has 1 saturated heterocycles. The van der Waals surface area contributed by atoms with Crippen LogP contribution < -0.4 is 9.64 Å². The van der Waals surface area contributed by atoms with E-state index in [2.05, 4.69) is 9.97 Å². The molecule has 10 heteroatoms. The quantitative estimate of drug-likeness (QED) is 0.286. The van der Waals surface area contributed by atoms with Gasteiger partial charge in [-0.1, -0.05) is 42.2 Å². The number of halogens is 3. The van der Waals surface area contributed by atoms with Crippen LogP contribution in [-0.4, -0.2) is 20.2 Å². The average molecular weight is 462 g/mol. The van der Waals surface area contributed by atoms with E-state index in [4.69, 9.17) is 28.6 Å². The van der Waals surface area contributed by atoms with E-state index in [1.165, 1.54) is 23.1 Å². The third-order valence-electron chi connectivity index (χ3n) is 3.94. The molecule has 5 nitrogen and oxygen atoms in total. The summed E-state index contributed by atoms with van der Waals surface area (Å²) in [6, 6.07) is 12.2. The van der Waals surface area contributed by atoms with Gasteiger partial charge >= 0.3 is 0 Å². The molecule has 0 radical (unpaired) electrons. The first-order valence-electron chi connectivity index (χ1n) is 8.40. The van der Waals surface area contributed by atoms with Crippen LogP contribution >= 0.6 is 35.6 Å². The van der Waals surface area contributed by atoms with E-state index in [1.807, 2.05) is 0 Å². The van der Waals surface area contributed by atoms with Crippen LogP contribution in [0.4, 0.5) is 14.5 Å². The lowest BCUT2D eigenvalue weighted by atomic mass is 10.2. The minimum absolute atomic E-state index is 0.136. The van der Waals surface area contributed by atoms with Crippen LogP contribution in [-0.2, 0) is 4.79 Å². The van der Waals surface area contributed by atoms with Crippen molar-refractivity contribution in [3.63, 3.8) is 0 Å². The van der Waals surface area contributed by atoms with Gasteiger partial charge in [0.15, 0.2) is 4.32 Å². The molecule has 30 heavy (non-hydrogen) atoms. The molecule has 0 bridgehead atoms. The summed E-state index contributed by atoms with van der Waals surface area (Å²) in [4.78, 5) is 21.6. The molecule has 1 aliphatic heterocycles. The van der Waals surface area contributed by atoms with Crippen LogP contribution in [0.25, 0.3) is 6.08 Å². The average Bonchev–Trinajstić information content (AvgIpc) is 2.99. The van der Waals surface area contributed by atoms with E-state index < -0.39 is 11.6 Å². The molecule has 0 N–H and O–H groups in total. The minimum Gasteiger partial charge on any atom is -0.436 e. The van der Waals surface area contributed by atoms with Gasteiger partial charge in [0.1, 0.15) is 11.6 Å². The molecule has 0 saturated carbocycles. The van der Waals surface area contributed by atoms with Crippen LogP contribution in [0.2, 0.25) is 5.28 Å². The van der Waals surface area contributed by atoms with Gasteiger partial charge in [0, 0.05) is 0 Å². The van der Waals surface area contributed by atoms with Crippen molar-refractivity contribution in [2.45, 2.75) is 0 Å². The topological polar surface area (TPSA) is 55.3 Å². The summed E-state index contributed by atoms with van der Waals surface area (Å²) in [5, 5.41) is -0.136. The maximum atomic E-state index is 13.7.